The number of hydrogen-bond acceptors (Lipinski definition) is 8. The molecule has 0 spiro atoms. The van der Waals surface area contributed by atoms with Gasteiger partial charge >= 0.3 is 0 Å². The van der Waals surface area contributed by atoms with Crippen molar-refractivity contribution in [2.24, 2.45) is 0 Å². The fourth-order valence-corrected chi connectivity index (χ4v) is 6.41. The summed E-state index contributed by atoms with van der Waals surface area (Å²) in [4.78, 5) is 39.4. The predicted molar refractivity (Wildman–Crippen MR) is 171 cm³/mol. The van der Waals surface area contributed by atoms with Crippen LogP contribution in [0.4, 0.5) is 26.1 Å². The third-order valence-corrected chi connectivity index (χ3v) is 8.80. The van der Waals surface area contributed by atoms with E-state index in [1.54, 1.807) is 16.8 Å². The molecule has 2 saturated heterocycles. The molecule has 11 nitrogen and oxygen atoms in total. The van der Waals surface area contributed by atoms with E-state index in [4.69, 9.17) is 4.98 Å². The Kier molecular flexibility index (Phi) is 8.29. The maximum absolute atomic E-state index is 13.6. The van der Waals surface area contributed by atoms with E-state index in [0.717, 1.165) is 42.9 Å². The van der Waals surface area contributed by atoms with E-state index in [0.29, 0.717) is 41.9 Å². The number of halogens is 2. The van der Waals surface area contributed by atoms with E-state index in [1.165, 1.54) is 21.6 Å². The number of fused-ring (bicyclic) bond motifs is 1. The second-order valence-electron chi connectivity index (χ2n) is 12.2. The van der Waals surface area contributed by atoms with Crippen molar-refractivity contribution in [3.63, 3.8) is 0 Å². The zero-order valence-corrected chi connectivity index (χ0v) is 25.9. The van der Waals surface area contributed by atoms with E-state index in [-0.39, 0.29) is 36.5 Å². The van der Waals surface area contributed by atoms with Gasteiger partial charge in [-0.15, -0.1) is 11.7 Å². The third-order valence-electron chi connectivity index (χ3n) is 8.80. The average Bonchev–Trinajstić information content (AvgIpc) is 3.28. The highest BCUT2D eigenvalue weighted by Crippen LogP contribution is 2.32. The van der Waals surface area contributed by atoms with Crippen molar-refractivity contribution >= 4 is 28.4 Å². The van der Waals surface area contributed by atoms with Crippen LogP contribution < -0.4 is 21.3 Å². The summed E-state index contributed by atoms with van der Waals surface area (Å²) in [5.74, 6) is -1.83. The Morgan fingerprint density at radius 2 is 1.82 bits per heavy atom. The van der Waals surface area contributed by atoms with E-state index in [1.807, 2.05) is 26.0 Å². The number of allylic oxidation sites excluding steroid dienone is 1. The van der Waals surface area contributed by atoms with Gasteiger partial charge < -0.3 is 10.2 Å². The summed E-state index contributed by atoms with van der Waals surface area (Å²) < 4.78 is 31.7. The van der Waals surface area contributed by atoms with Gasteiger partial charge in [-0.05, 0) is 63.4 Å². The van der Waals surface area contributed by atoms with Crippen molar-refractivity contribution in [2.45, 2.75) is 71.0 Å². The molecule has 0 unspecified atom stereocenters. The van der Waals surface area contributed by atoms with Gasteiger partial charge in [-0.3, -0.25) is 14.5 Å². The summed E-state index contributed by atoms with van der Waals surface area (Å²) in [5, 5.41) is 8.11. The molecule has 0 radical (unpaired) electrons. The van der Waals surface area contributed by atoms with Gasteiger partial charge in [0.25, 0.3) is 17.0 Å². The molecule has 13 heteroatoms. The van der Waals surface area contributed by atoms with E-state index in [2.05, 4.69) is 44.8 Å². The molecule has 45 heavy (non-hydrogen) atoms. The van der Waals surface area contributed by atoms with Crippen molar-refractivity contribution in [3.8, 4) is 5.82 Å². The normalized spacial score (nSPS) is 17.7. The third kappa shape index (κ3) is 6.13. The van der Waals surface area contributed by atoms with E-state index in [9.17, 15) is 18.4 Å². The number of nitrogens with one attached hydrogen (secondary N) is 1. The Hall–Kier alpha value is -4.39. The summed E-state index contributed by atoms with van der Waals surface area (Å²) in [6.07, 6.45) is 4.94. The smallest absolute Gasteiger partial charge is 0.278 e. The van der Waals surface area contributed by atoms with E-state index < -0.39 is 5.92 Å². The SMILES string of the molecule is C=CCn1c(=O)c2cnc(Nc3ccc(N4CCC(N5CCC(F)(F)CC5)CC4)c(C)c3)nc2n1-c1ccc(=O)n(C(C)C)n1. The van der Waals surface area contributed by atoms with Crippen LogP contribution in [0.1, 0.15) is 51.1 Å². The number of rotatable bonds is 8. The van der Waals surface area contributed by atoms with Crippen molar-refractivity contribution in [1.82, 2.24) is 34.0 Å². The average molecular weight is 620 g/mol. The monoisotopic (exact) mass is 619 g/mol. The molecular weight excluding hydrogens is 580 g/mol. The molecular formula is C32H39F2N9O2. The van der Waals surface area contributed by atoms with Crippen LogP contribution in [-0.2, 0) is 6.54 Å². The molecule has 1 N–H and O–H groups in total. The zero-order chi connectivity index (χ0) is 31.9. The molecule has 5 heterocycles. The second kappa shape index (κ2) is 12.2. The second-order valence-corrected chi connectivity index (χ2v) is 12.2. The standard InChI is InChI=1S/C32H39F2N9O2/c1-5-14-41-30(45)25-20-35-31(37-29(25)43(41)27-8-9-28(44)42(38-27)21(2)3)36-23-6-7-26(22(4)19-23)40-15-10-24(11-16-40)39-17-12-32(33,34)13-18-39/h5-9,19-21,24H,1,10-18H2,2-4H3,(H,35,36,37). The molecule has 2 aliphatic heterocycles. The zero-order valence-electron chi connectivity index (χ0n) is 25.9. The quantitative estimate of drug-likeness (QED) is 0.284. The summed E-state index contributed by atoms with van der Waals surface area (Å²) >= 11 is 0. The van der Waals surface area contributed by atoms with Crippen LogP contribution in [0.3, 0.4) is 0 Å². The molecule has 0 aliphatic carbocycles. The van der Waals surface area contributed by atoms with Crippen LogP contribution in [0.2, 0.25) is 0 Å². The summed E-state index contributed by atoms with van der Waals surface area (Å²) in [5.41, 5.74) is 2.86. The first-order valence-electron chi connectivity index (χ1n) is 15.5. The first-order chi connectivity index (χ1) is 21.5. The van der Waals surface area contributed by atoms with Gasteiger partial charge in [0, 0.05) is 68.7 Å². The molecule has 238 valence electrons. The minimum Gasteiger partial charge on any atom is -0.371 e. The lowest BCUT2D eigenvalue weighted by atomic mass is 9.97. The lowest BCUT2D eigenvalue weighted by molar-refractivity contribution is -0.0646. The van der Waals surface area contributed by atoms with Crippen LogP contribution in [0, 0.1) is 6.92 Å². The fourth-order valence-electron chi connectivity index (χ4n) is 6.41. The number of benzene rings is 1. The maximum Gasteiger partial charge on any atom is 0.278 e. The topological polar surface area (TPSA) is 106 Å². The maximum atomic E-state index is 13.6. The number of aromatic nitrogens is 6. The first-order valence-corrected chi connectivity index (χ1v) is 15.5. The number of aryl methyl sites for hydroxylation is 1. The van der Waals surface area contributed by atoms with Crippen LogP contribution in [0.25, 0.3) is 16.9 Å². The Morgan fingerprint density at radius 1 is 1.09 bits per heavy atom. The van der Waals surface area contributed by atoms with Gasteiger partial charge in [0.1, 0.15) is 5.39 Å². The molecule has 6 rings (SSSR count). The van der Waals surface area contributed by atoms with Crippen LogP contribution >= 0.6 is 0 Å². The number of piperidine rings is 2. The van der Waals surface area contributed by atoms with Gasteiger partial charge in [0.2, 0.25) is 5.95 Å². The number of likely N-dealkylation sites (tertiary alicyclic amines) is 1. The first kappa shape index (κ1) is 30.6. The minimum absolute atomic E-state index is 0.0420. The van der Waals surface area contributed by atoms with Crippen molar-refractivity contribution in [3.05, 3.63) is 75.5 Å². The summed E-state index contributed by atoms with van der Waals surface area (Å²) in [6.45, 7) is 12.5. The van der Waals surface area contributed by atoms with Gasteiger partial charge in [-0.1, -0.05) is 6.08 Å². The molecule has 1 aromatic carbocycles. The highest BCUT2D eigenvalue weighted by Gasteiger charge is 2.37. The number of hydrogen-bond donors (Lipinski definition) is 1. The van der Waals surface area contributed by atoms with Crippen LogP contribution in [0.15, 0.2) is 58.8 Å². The number of nitrogens with zero attached hydrogens (tertiary/aromatic N) is 8. The van der Waals surface area contributed by atoms with E-state index >= 15 is 0 Å². The molecule has 0 saturated carbocycles. The predicted octanol–water partition coefficient (Wildman–Crippen LogP) is 4.66. The molecule has 4 aromatic rings. The summed E-state index contributed by atoms with van der Waals surface area (Å²) in [7, 11) is 0. The fraction of sp³-hybridized carbons (Fsp3) is 0.469. The van der Waals surface area contributed by atoms with Crippen molar-refractivity contribution < 1.29 is 8.78 Å². The molecule has 0 bridgehead atoms. The highest BCUT2D eigenvalue weighted by molar-refractivity contribution is 5.77. The lowest BCUT2D eigenvalue weighted by Crippen LogP contribution is -2.49. The Morgan fingerprint density at radius 3 is 2.49 bits per heavy atom. The van der Waals surface area contributed by atoms with Gasteiger partial charge in [-0.2, -0.15) is 4.98 Å². The molecule has 0 atom stereocenters. The number of anilines is 3. The highest BCUT2D eigenvalue weighted by atomic mass is 19.3. The molecule has 0 amide bonds. The Balaban J connectivity index is 1.22. The van der Waals surface area contributed by atoms with Crippen molar-refractivity contribution in [2.75, 3.05) is 36.4 Å². The van der Waals surface area contributed by atoms with Gasteiger partial charge in [0.15, 0.2) is 11.5 Å². The molecule has 2 aliphatic rings. The van der Waals surface area contributed by atoms with Gasteiger partial charge in [-0.25, -0.2) is 27.8 Å². The van der Waals surface area contributed by atoms with Crippen LogP contribution in [0.5, 0.6) is 0 Å². The number of alkyl halides is 2. The molecule has 3 aromatic heterocycles. The van der Waals surface area contributed by atoms with Crippen LogP contribution in [-0.4, -0.2) is 72.2 Å². The minimum atomic E-state index is -2.52. The van der Waals surface area contributed by atoms with Crippen molar-refractivity contribution in [1.29, 1.82) is 0 Å². The molecule has 2 fully saturated rings. The lowest BCUT2D eigenvalue weighted by Gasteiger charge is -2.42. The largest absolute Gasteiger partial charge is 0.371 e. The Labute approximate surface area is 259 Å². The summed E-state index contributed by atoms with van der Waals surface area (Å²) in [6, 6.07) is 9.28. The Bertz CT molecular complexity index is 1830. The van der Waals surface area contributed by atoms with Gasteiger partial charge in [0.05, 0.1) is 12.6 Å².